The van der Waals surface area contributed by atoms with E-state index in [1.807, 2.05) is 0 Å². The second-order valence-electron chi connectivity index (χ2n) is 3.28. The molecule has 68 valence electrons. The Kier molecular flexibility index (Phi) is 1.69. The van der Waals surface area contributed by atoms with Crippen molar-refractivity contribution in [2.24, 2.45) is 0 Å². The summed E-state index contributed by atoms with van der Waals surface area (Å²) in [5.74, 6) is -0.0475. The molecule has 1 aliphatic rings. The molecule has 1 aromatic heterocycles. The van der Waals surface area contributed by atoms with Crippen LogP contribution in [0.1, 0.15) is 34.7 Å². The van der Waals surface area contributed by atoms with Crippen LogP contribution in [0.4, 0.5) is 5.82 Å². The summed E-state index contributed by atoms with van der Waals surface area (Å²) in [5, 5.41) is 8.72. The van der Waals surface area contributed by atoms with Gasteiger partial charge in [-0.2, -0.15) is 0 Å². The van der Waals surface area contributed by atoms with Crippen molar-refractivity contribution in [3.8, 4) is 0 Å². The van der Waals surface area contributed by atoms with E-state index in [0.29, 0.717) is 11.7 Å². The Morgan fingerprint density at radius 3 is 2.85 bits per heavy atom. The fourth-order valence-corrected chi connectivity index (χ4v) is 1.33. The number of nitrogens with two attached hydrogens (primary N) is 1. The lowest BCUT2D eigenvalue weighted by Crippen LogP contribution is -2.02. The molecule has 2 rings (SSSR count). The first kappa shape index (κ1) is 8.04. The molecule has 0 aliphatic heterocycles. The number of nitrogens with zero attached hydrogens (tertiary/aromatic N) is 1. The van der Waals surface area contributed by atoms with Gasteiger partial charge in [0.2, 0.25) is 0 Å². The van der Waals surface area contributed by atoms with Crippen LogP contribution in [0.15, 0.2) is 12.3 Å². The smallest absolute Gasteiger partial charge is 0.337 e. The molecule has 1 aromatic rings. The minimum absolute atomic E-state index is 0.219. The summed E-state index contributed by atoms with van der Waals surface area (Å²) in [5.41, 5.74) is 6.73. The van der Waals surface area contributed by atoms with Crippen LogP contribution >= 0.6 is 0 Å². The van der Waals surface area contributed by atoms with Crippen LogP contribution in [0.3, 0.4) is 0 Å². The molecule has 1 saturated carbocycles. The molecule has 0 aromatic carbocycles. The van der Waals surface area contributed by atoms with E-state index < -0.39 is 5.97 Å². The summed E-state index contributed by atoms with van der Waals surface area (Å²) in [6.45, 7) is 0. The molecule has 0 atom stereocenters. The minimum atomic E-state index is -0.950. The molecule has 3 N–H and O–H groups in total. The fraction of sp³-hybridized carbons (Fsp3) is 0.333. The summed E-state index contributed by atoms with van der Waals surface area (Å²) >= 11 is 0. The minimum Gasteiger partial charge on any atom is -0.478 e. The first-order chi connectivity index (χ1) is 6.18. The van der Waals surface area contributed by atoms with Crippen LogP contribution in [0, 0.1) is 0 Å². The summed E-state index contributed by atoms with van der Waals surface area (Å²) in [6.07, 6.45) is 3.48. The number of carboxylic acid groups (broad SMARTS) is 1. The third kappa shape index (κ3) is 1.47. The molecule has 1 heterocycles. The highest BCUT2D eigenvalue weighted by atomic mass is 16.4. The van der Waals surface area contributed by atoms with E-state index in [9.17, 15) is 4.79 Å². The highest BCUT2D eigenvalue weighted by Gasteiger charge is 2.26. The van der Waals surface area contributed by atoms with Crippen LogP contribution in [-0.4, -0.2) is 16.1 Å². The van der Waals surface area contributed by atoms with Crippen molar-refractivity contribution in [1.82, 2.24) is 4.98 Å². The maximum Gasteiger partial charge on any atom is 0.337 e. The molecule has 0 saturated heterocycles. The topological polar surface area (TPSA) is 76.2 Å². The average Bonchev–Trinajstić information content (AvgIpc) is 2.87. The number of aromatic carboxylic acids is 1. The number of hydrogen-bond donors (Lipinski definition) is 2. The lowest BCUT2D eigenvalue weighted by Gasteiger charge is -2.03. The molecule has 1 aliphatic carbocycles. The van der Waals surface area contributed by atoms with Gasteiger partial charge >= 0.3 is 5.97 Å². The third-order valence-electron chi connectivity index (χ3n) is 2.21. The predicted octanol–water partition coefficient (Wildman–Crippen LogP) is 1.24. The van der Waals surface area contributed by atoms with Gasteiger partial charge in [0.05, 0.1) is 5.56 Å². The van der Waals surface area contributed by atoms with Gasteiger partial charge in [-0.1, -0.05) is 0 Å². The van der Waals surface area contributed by atoms with Gasteiger partial charge in [-0.15, -0.1) is 0 Å². The Bertz CT molecular complexity index is 359. The second-order valence-corrected chi connectivity index (χ2v) is 3.28. The largest absolute Gasteiger partial charge is 0.478 e. The van der Waals surface area contributed by atoms with E-state index in [1.54, 1.807) is 6.07 Å². The first-order valence-electron chi connectivity index (χ1n) is 4.17. The lowest BCUT2D eigenvalue weighted by molar-refractivity contribution is 0.0696. The maximum absolute atomic E-state index is 10.6. The number of carbonyl (C=O) groups is 1. The van der Waals surface area contributed by atoms with E-state index >= 15 is 0 Å². The van der Waals surface area contributed by atoms with Gasteiger partial charge in [-0.25, -0.2) is 9.78 Å². The van der Waals surface area contributed by atoms with E-state index in [1.165, 1.54) is 6.20 Å². The molecule has 0 spiro atoms. The molecule has 0 bridgehead atoms. The van der Waals surface area contributed by atoms with Crippen molar-refractivity contribution in [2.75, 3.05) is 5.73 Å². The van der Waals surface area contributed by atoms with Gasteiger partial charge < -0.3 is 10.8 Å². The molecular formula is C9H10N2O2. The van der Waals surface area contributed by atoms with Gasteiger partial charge in [0.25, 0.3) is 0 Å². The van der Waals surface area contributed by atoms with Crippen molar-refractivity contribution in [3.05, 3.63) is 23.4 Å². The van der Waals surface area contributed by atoms with E-state index in [4.69, 9.17) is 10.8 Å². The number of aromatic nitrogens is 1. The summed E-state index contributed by atoms with van der Waals surface area (Å²) < 4.78 is 0. The Balaban J connectivity index is 2.41. The van der Waals surface area contributed by atoms with Crippen molar-refractivity contribution in [2.45, 2.75) is 18.8 Å². The molecule has 13 heavy (non-hydrogen) atoms. The Morgan fingerprint density at radius 1 is 1.62 bits per heavy atom. The molecule has 0 radical (unpaired) electrons. The van der Waals surface area contributed by atoms with Gasteiger partial charge in [0.1, 0.15) is 5.82 Å². The maximum atomic E-state index is 10.6. The monoisotopic (exact) mass is 178 g/mol. The highest BCUT2D eigenvalue weighted by Crippen LogP contribution is 2.42. The van der Waals surface area contributed by atoms with Crippen molar-refractivity contribution < 1.29 is 9.90 Å². The Hall–Kier alpha value is -1.58. The van der Waals surface area contributed by atoms with Gasteiger partial charge in [-0.3, -0.25) is 0 Å². The van der Waals surface area contributed by atoms with E-state index in [-0.39, 0.29) is 5.56 Å². The predicted molar refractivity (Wildman–Crippen MR) is 47.6 cm³/mol. The Morgan fingerprint density at radius 2 is 2.31 bits per heavy atom. The van der Waals surface area contributed by atoms with Crippen LogP contribution in [0.25, 0.3) is 0 Å². The van der Waals surface area contributed by atoms with E-state index in [2.05, 4.69) is 4.98 Å². The van der Waals surface area contributed by atoms with Crippen molar-refractivity contribution in [3.63, 3.8) is 0 Å². The number of carboxylic acids is 1. The number of nitrogen functional groups attached to an aromatic ring is 1. The SMILES string of the molecule is Nc1ncc(C(=O)O)cc1C1CC1. The molecule has 4 nitrogen and oxygen atoms in total. The molecular weight excluding hydrogens is 168 g/mol. The van der Waals surface area contributed by atoms with Gasteiger partial charge in [0, 0.05) is 6.20 Å². The number of pyridine rings is 1. The zero-order chi connectivity index (χ0) is 9.42. The molecule has 4 heteroatoms. The van der Waals surface area contributed by atoms with Crippen LogP contribution < -0.4 is 5.73 Å². The number of anilines is 1. The van der Waals surface area contributed by atoms with Crippen molar-refractivity contribution >= 4 is 11.8 Å². The standard InChI is InChI=1S/C9H10N2O2/c10-8-7(5-1-2-5)3-6(4-11-8)9(12)13/h3-5H,1-2H2,(H2,10,11)(H,12,13). The number of rotatable bonds is 2. The van der Waals surface area contributed by atoms with Crippen LogP contribution in [-0.2, 0) is 0 Å². The summed E-state index contributed by atoms with van der Waals surface area (Å²) in [7, 11) is 0. The zero-order valence-corrected chi connectivity index (χ0v) is 7.03. The zero-order valence-electron chi connectivity index (χ0n) is 7.03. The van der Waals surface area contributed by atoms with Crippen LogP contribution in [0.5, 0.6) is 0 Å². The molecule has 0 unspecified atom stereocenters. The second kappa shape index (κ2) is 2.73. The number of hydrogen-bond acceptors (Lipinski definition) is 3. The first-order valence-corrected chi connectivity index (χ1v) is 4.17. The molecule has 0 amide bonds. The van der Waals surface area contributed by atoms with E-state index in [0.717, 1.165) is 18.4 Å². The quantitative estimate of drug-likeness (QED) is 0.714. The normalized spacial score (nSPS) is 15.7. The highest BCUT2D eigenvalue weighted by molar-refractivity contribution is 5.87. The molecule has 1 fully saturated rings. The van der Waals surface area contributed by atoms with Crippen molar-refractivity contribution in [1.29, 1.82) is 0 Å². The summed E-state index contributed by atoms with van der Waals surface area (Å²) in [4.78, 5) is 14.5. The van der Waals surface area contributed by atoms with Gasteiger partial charge in [-0.05, 0) is 30.4 Å². The fourth-order valence-electron chi connectivity index (χ4n) is 1.33. The third-order valence-corrected chi connectivity index (χ3v) is 2.21. The van der Waals surface area contributed by atoms with Gasteiger partial charge in [0.15, 0.2) is 0 Å². The summed E-state index contributed by atoms with van der Waals surface area (Å²) in [6, 6.07) is 1.63. The Labute approximate surface area is 75.4 Å². The van der Waals surface area contributed by atoms with Crippen LogP contribution in [0.2, 0.25) is 0 Å². The lowest BCUT2D eigenvalue weighted by atomic mass is 10.1. The average molecular weight is 178 g/mol.